The van der Waals surface area contributed by atoms with Crippen molar-refractivity contribution in [1.82, 2.24) is 14.8 Å². The summed E-state index contributed by atoms with van der Waals surface area (Å²) in [5, 5.41) is 11.8. The molecule has 1 N–H and O–H groups in total. The lowest BCUT2D eigenvalue weighted by Gasteiger charge is -2.13. The van der Waals surface area contributed by atoms with Gasteiger partial charge in [-0.15, -0.1) is 10.2 Å². The number of aromatic nitrogens is 3. The highest BCUT2D eigenvalue weighted by atomic mass is 32.2. The lowest BCUT2D eigenvalue weighted by atomic mass is 10.1. The number of carbonyl (C=O) groups is 1. The number of aryl methyl sites for hydroxylation is 1. The van der Waals surface area contributed by atoms with Crippen LogP contribution in [0.1, 0.15) is 25.8 Å². The van der Waals surface area contributed by atoms with E-state index in [1.165, 1.54) is 23.9 Å². The summed E-state index contributed by atoms with van der Waals surface area (Å²) in [6.45, 7) is 6.73. The van der Waals surface area contributed by atoms with Crippen molar-refractivity contribution < 1.29 is 9.18 Å². The van der Waals surface area contributed by atoms with Gasteiger partial charge in [0.2, 0.25) is 5.91 Å². The Labute approximate surface area is 168 Å². The van der Waals surface area contributed by atoms with E-state index in [2.05, 4.69) is 33.1 Å². The van der Waals surface area contributed by atoms with Gasteiger partial charge in [-0.25, -0.2) is 4.39 Å². The van der Waals surface area contributed by atoms with Gasteiger partial charge in [-0.05, 0) is 50.6 Å². The number of carbonyl (C=O) groups excluding carboxylic acids is 1. The van der Waals surface area contributed by atoms with Crippen molar-refractivity contribution in [1.29, 1.82) is 0 Å². The fourth-order valence-electron chi connectivity index (χ4n) is 2.79. The number of amides is 1. The SMILES string of the molecule is CCCn1c(S[C@H](C)C(=O)Nc2ccc(F)cc2)nnc1-c1cccc(C)c1. The lowest BCUT2D eigenvalue weighted by molar-refractivity contribution is -0.115. The maximum Gasteiger partial charge on any atom is 0.237 e. The number of rotatable bonds is 7. The lowest BCUT2D eigenvalue weighted by Crippen LogP contribution is -2.23. The van der Waals surface area contributed by atoms with Crippen LogP contribution in [0.2, 0.25) is 0 Å². The second-order valence-electron chi connectivity index (χ2n) is 6.58. The summed E-state index contributed by atoms with van der Waals surface area (Å²) in [5.74, 6) is 0.302. The van der Waals surface area contributed by atoms with Crippen LogP contribution in [0.3, 0.4) is 0 Å². The van der Waals surface area contributed by atoms with Crippen molar-refractivity contribution in [3.05, 3.63) is 59.9 Å². The molecule has 0 spiro atoms. The normalized spacial score (nSPS) is 12.0. The van der Waals surface area contributed by atoms with E-state index in [-0.39, 0.29) is 17.0 Å². The first-order valence-corrected chi connectivity index (χ1v) is 10.1. The average Bonchev–Trinajstić information content (AvgIpc) is 3.06. The van der Waals surface area contributed by atoms with Crippen LogP contribution in [0.15, 0.2) is 53.7 Å². The van der Waals surface area contributed by atoms with Crippen LogP contribution in [0, 0.1) is 12.7 Å². The Bertz CT molecular complexity index is 955. The van der Waals surface area contributed by atoms with E-state index in [9.17, 15) is 9.18 Å². The van der Waals surface area contributed by atoms with Crippen molar-refractivity contribution in [2.24, 2.45) is 0 Å². The van der Waals surface area contributed by atoms with Gasteiger partial charge >= 0.3 is 0 Å². The monoisotopic (exact) mass is 398 g/mol. The molecule has 0 aliphatic heterocycles. The van der Waals surface area contributed by atoms with Gasteiger partial charge in [0.15, 0.2) is 11.0 Å². The number of anilines is 1. The molecule has 1 atom stereocenters. The van der Waals surface area contributed by atoms with Gasteiger partial charge in [0.25, 0.3) is 0 Å². The third kappa shape index (κ3) is 4.78. The number of nitrogens with one attached hydrogen (secondary N) is 1. The minimum absolute atomic E-state index is 0.167. The van der Waals surface area contributed by atoms with Crippen molar-refractivity contribution >= 4 is 23.4 Å². The number of thioether (sulfide) groups is 1. The third-order valence-corrected chi connectivity index (χ3v) is 5.28. The van der Waals surface area contributed by atoms with Gasteiger partial charge in [0.1, 0.15) is 5.82 Å². The van der Waals surface area contributed by atoms with Crippen molar-refractivity contribution in [3.63, 3.8) is 0 Å². The number of hydrogen-bond acceptors (Lipinski definition) is 4. The number of benzene rings is 2. The molecule has 0 saturated carbocycles. The standard InChI is InChI=1S/C21H23FN4OS/c1-4-12-26-19(16-7-5-6-14(2)13-16)24-25-21(26)28-15(3)20(27)23-18-10-8-17(22)9-11-18/h5-11,13,15H,4,12H2,1-3H3,(H,23,27)/t15-/m1/s1. The maximum atomic E-state index is 13.0. The van der Waals surface area contributed by atoms with E-state index in [4.69, 9.17) is 0 Å². The Balaban J connectivity index is 1.77. The summed E-state index contributed by atoms with van der Waals surface area (Å²) in [7, 11) is 0. The van der Waals surface area contributed by atoms with Gasteiger partial charge in [0.05, 0.1) is 5.25 Å². The topological polar surface area (TPSA) is 59.8 Å². The zero-order valence-corrected chi connectivity index (χ0v) is 17.0. The van der Waals surface area contributed by atoms with Crippen LogP contribution < -0.4 is 5.32 Å². The first-order valence-electron chi connectivity index (χ1n) is 9.21. The summed E-state index contributed by atoms with van der Waals surface area (Å²) in [6, 6.07) is 13.9. The highest BCUT2D eigenvalue weighted by Crippen LogP contribution is 2.28. The quantitative estimate of drug-likeness (QED) is 0.574. The molecule has 28 heavy (non-hydrogen) atoms. The predicted octanol–water partition coefficient (Wildman–Crippen LogP) is 4.92. The Morgan fingerprint density at radius 1 is 1.21 bits per heavy atom. The second-order valence-corrected chi connectivity index (χ2v) is 7.89. The van der Waals surface area contributed by atoms with Crippen molar-refractivity contribution in [3.8, 4) is 11.4 Å². The minimum Gasteiger partial charge on any atom is -0.325 e. The van der Waals surface area contributed by atoms with E-state index in [0.717, 1.165) is 29.9 Å². The highest BCUT2D eigenvalue weighted by molar-refractivity contribution is 8.00. The molecule has 0 bridgehead atoms. The molecule has 0 aliphatic rings. The highest BCUT2D eigenvalue weighted by Gasteiger charge is 2.20. The first-order chi connectivity index (χ1) is 13.5. The van der Waals surface area contributed by atoms with Crippen LogP contribution in [0.25, 0.3) is 11.4 Å². The van der Waals surface area contributed by atoms with Gasteiger partial charge < -0.3 is 9.88 Å². The van der Waals surface area contributed by atoms with Gasteiger partial charge in [-0.2, -0.15) is 0 Å². The molecule has 1 aromatic heterocycles. The smallest absolute Gasteiger partial charge is 0.237 e. The molecular weight excluding hydrogens is 375 g/mol. The van der Waals surface area contributed by atoms with Crippen LogP contribution >= 0.6 is 11.8 Å². The Morgan fingerprint density at radius 2 is 1.96 bits per heavy atom. The molecule has 0 aliphatic carbocycles. The van der Waals surface area contributed by atoms with Crippen LogP contribution in [0.5, 0.6) is 0 Å². The van der Waals surface area contributed by atoms with Crippen LogP contribution in [-0.2, 0) is 11.3 Å². The molecule has 0 radical (unpaired) electrons. The molecule has 1 amide bonds. The Kier molecular flexibility index (Phi) is 6.46. The predicted molar refractivity (Wildman–Crippen MR) is 111 cm³/mol. The molecule has 5 nitrogen and oxygen atoms in total. The summed E-state index contributed by atoms with van der Waals surface area (Å²) in [6.07, 6.45) is 0.931. The summed E-state index contributed by atoms with van der Waals surface area (Å²) < 4.78 is 15.1. The molecular formula is C21H23FN4OS. The van der Waals surface area contributed by atoms with E-state index in [1.54, 1.807) is 12.1 Å². The van der Waals surface area contributed by atoms with Gasteiger partial charge in [0, 0.05) is 17.8 Å². The molecule has 0 fully saturated rings. The summed E-state index contributed by atoms with van der Waals surface area (Å²) in [5.41, 5.74) is 2.73. The van der Waals surface area contributed by atoms with E-state index < -0.39 is 0 Å². The third-order valence-electron chi connectivity index (χ3n) is 4.20. The van der Waals surface area contributed by atoms with Crippen molar-refractivity contribution in [2.45, 2.75) is 44.1 Å². The fraction of sp³-hybridized carbons (Fsp3) is 0.286. The summed E-state index contributed by atoms with van der Waals surface area (Å²) >= 11 is 1.36. The van der Waals surface area contributed by atoms with Gasteiger partial charge in [-0.1, -0.05) is 42.4 Å². The number of nitrogens with zero attached hydrogens (tertiary/aromatic N) is 3. The molecule has 3 aromatic rings. The van der Waals surface area contributed by atoms with Crippen LogP contribution in [-0.4, -0.2) is 25.9 Å². The average molecular weight is 399 g/mol. The fourth-order valence-corrected chi connectivity index (χ4v) is 3.66. The first kappa shape index (κ1) is 20.1. The van der Waals surface area contributed by atoms with Crippen molar-refractivity contribution in [2.75, 3.05) is 5.32 Å². The van der Waals surface area contributed by atoms with Crippen LogP contribution in [0.4, 0.5) is 10.1 Å². The zero-order chi connectivity index (χ0) is 20.1. The summed E-state index contributed by atoms with van der Waals surface area (Å²) in [4.78, 5) is 12.5. The molecule has 0 saturated heterocycles. The van der Waals surface area contributed by atoms with E-state index in [0.29, 0.717) is 10.8 Å². The number of hydrogen-bond donors (Lipinski definition) is 1. The maximum absolute atomic E-state index is 13.0. The van der Waals surface area contributed by atoms with Gasteiger partial charge in [-0.3, -0.25) is 4.79 Å². The molecule has 7 heteroatoms. The zero-order valence-electron chi connectivity index (χ0n) is 16.1. The Hall–Kier alpha value is -2.67. The molecule has 146 valence electrons. The molecule has 1 heterocycles. The van der Waals surface area contributed by atoms with E-state index in [1.807, 2.05) is 32.0 Å². The number of halogens is 1. The van der Waals surface area contributed by atoms with E-state index >= 15 is 0 Å². The molecule has 0 unspecified atom stereocenters. The minimum atomic E-state index is -0.379. The Morgan fingerprint density at radius 3 is 2.64 bits per heavy atom. The second kappa shape index (κ2) is 9.01. The molecule has 3 rings (SSSR count). The largest absolute Gasteiger partial charge is 0.325 e. The molecule has 2 aromatic carbocycles.